The smallest absolute Gasteiger partial charge is 0.294 e. The van der Waals surface area contributed by atoms with E-state index in [9.17, 15) is 10.1 Å². The topological polar surface area (TPSA) is 106 Å². The van der Waals surface area contributed by atoms with Gasteiger partial charge in [0.2, 0.25) is 5.95 Å². The van der Waals surface area contributed by atoms with Gasteiger partial charge in [-0.05, 0) is 12.1 Å². The van der Waals surface area contributed by atoms with Crippen molar-refractivity contribution >= 4 is 29.4 Å². The SMILES string of the molecule is Cl.O=[N+]([O-])O[C@H]1CO[C@H]2[C@@H]1OC[C@@H]2N1CCN(c2nc3ccccc3[nH]2)CC1. The lowest BCUT2D eigenvalue weighted by atomic mass is 10.1. The minimum Gasteiger partial charge on any atom is -0.371 e. The van der Waals surface area contributed by atoms with Crippen LogP contribution in [0.1, 0.15) is 0 Å². The summed E-state index contributed by atoms with van der Waals surface area (Å²) in [6, 6.07) is 8.12. The number of nitrogens with zero attached hydrogens (tertiary/aromatic N) is 4. The highest BCUT2D eigenvalue weighted by Gasteiger charge is 2.51. The summed E-state index contributed by atoms with van der Waals surface area (Å²) in [6.45, 7) is 4.13. The highest BCUT2D eigenvalue weighted by Crippen LogP contribution is 2.32. The van der Waals surface area contributed by atoms with Crippen molar-refractivity contribution in [1.82, 2.24) is 14.9 Å². The van der Waals surface area contributed by atoms with E-state index >= 15 is 0 Å². The number of fused-ring (bicyclic) bond motifs is 2. The number of rotatable bonds is 4. The van der Waals surface area contributed by atoms with Gasteiger partial charge in [-0.1, -0.05) is 12.1 Å². The van der Waals surface area contributed by atoms with Crippen molar-refractivity contribution in [3.8, 4) is 0 Å². The molecule has 1 aromatic heterocycles. The number of para-hydroxylation sites is 2. The van der Waals surface area contributed by atoms with Crippen molar-refractivity contribution in [1.29, 1.82) is 0 Å². The molecule has 0 aliphatic carbocycles. The third kappa shape index (κ3) is 3.37. The molecule has 0 spiro atoms. The van der Waals surface area contributed by atoms with Gasteiger partial charge >= 0.3 is 0 Å². The first-order chi connectivity index (χ1) is 13.2. The van der Waals surface area contributed by atoms with Crippen molar-refractivity contribution < 1.29 is 19.4 Å². The monoisotopic (exact) mass is 411 g/mol. The number of hydrogen-bond donors (Lipinski definition) is 1. The van der Waals surface area contributed by atoms with E-state index in [-0.39, 0.29) is 37.3 Å². The van der Waals surface area contributed by atoms with Gasteiger partial charge in [-0.25, -0.2) is 4.98 Å². The third-order valence-electron chi connectivity index (χ3n) is 5.66. The molecule has 28 heavy (non-hydrogen) atoms. The first-order valence-corrected chi connectivity index (χ1v) is 9.17. The fraction of sp³-hybridized carbons (Fsp3) is 0.588. The second-order valence-electron chi connectivity index (χ2n) is 7.13. The molecule has 3 aliphatic rings. The predicted octanol–water partition coefficient (Wildman–Crippen LogP) is 0.850. The molecule has 5 rings (SSSR count). The Bertz CT molecular complexity index is 809. The number of aromatic nitrogens is 2. The van der Waals surface area contributed by atoms with Gasteiger partial charge in [0, 0.05) is 26.2 Å². The first-order valence-electron chi connectivity index (χ1n) is 9.17. The number of hydrogen-bond acceptors (Lipinski definition) is 8. The molecule has 0 bridgehead atoms. The molecule has 1 aromatic carbocycles. The maximum absolute atomic E-state index is 10.6. The lowest BCUT2D eigenvalue weighted by Crippen LogP contribution is -2.54. The molecule has 11 heteroatoms. The predicted molar refractivity (Wildman–Crippen MR) is 102 cm³/mol. The van der Waals surface area contributed by atoms with E-state index in [2.05, 4.69) is 19.8 Å². The van der Waals surface area contributed by atoms with Crippen LogP contribution in [0.2, 0.25) is 0 Å². The summed E-state index contributed by atoms with van der Waals surface area (Å²) < 4.78 is 11.6. The van der Waals surface area contributed by atoms with E-state index in [1.165, 1.54) is 0 Å². The standard InChI is InChI=1S/C17H21N5O5.ClH/c23-22(24)27-14-10-26-15-13(9-25-16(14)15)20-5-7-21(8-6-20)17-18-11-3-1-2-4-12(11)19-17;/h1-4,13-16H,5-10H2,(H,18,19);1H/t13-,14-,15+,16+;/m0./s1. The van der Waals surface area contributed by atoms with Gasteiger partial charge in [-0.2, -0.15) is 0 Å². The minimum absolute atomic E-state index is 0. The number of aromatic amines is 1. The summed E-state index contributed by atoms with van der Waals surface area (Å²) in [5.74, 6) is 0.896. The van der Waals surface area contributed by atoms with Gasteiger partial charge in [0.05, 0.1) is 30.3 Å². The molecular weight excluding hydrogens is 390 g/mol. The van der Waals surface area contributed by atoms with Gasteiger partial charge in [-0.3, -0.25) is 4.90 Å². The van der Waals surface area contributed by atoms with Crippen molar-refractivity contribution in [2.75, 3.05) is 44.3 Å². The average molecular weight is 412 g/mol. The van der Waals surface area contributed by atoms with Crippen LogP contribution in [0.5, 0.6) is 0 Å². The quantitative estimate of drug-likeness (QED) is 0.583. The Hall–Kier alpha value is -2.14. The van der Waals surface area contributed by atoms with Crippen LogP contribution in [0, 0.1) is 10.1 Å². The van der Waals surface area contributed by atoms with Crippen LogP contribution in [0.4, 0.5) is 5.95 Å². The molecule has 0 radical (unpaired) electrons. The summed E-state index contributed by atoms with van der Waals surface area (Å²) in [7, 11) is 0. The van der Waals surface area contributed by atoms with Gasteiger partial charge in [0.15, 0.2) is 6.10 Å². The van der Waals surface area contributed by atoms with Gasteiger partial charge in [0.1, 0.15) is 12.2 Å². The van der Waals surface area contributed by atoms with E-state index in [4.69, 9.17) is 14.3 Å². The van der Waals surface area contributed by atoms with Gasteiger partial charge in [-0.15, -0.1) is 22.5 Å². The van der Waals surface area contributed by atoms with Crippen molar-refractivity contribution in [3.63, 3.8) is 0 Å². The van der Waals surface area contributed by atoms with Crippen molar-refractivity contribution in [2.24, 2.45) is 0 Å². The van der Waals surface area contributed by atoms with E-state index in [1.54, 1.807) is 0 Å². The van der Waals surface area contributed by atoms with Crippen LogP contribution in [-0.4, -0.2) is 83.7 Å². The fourth-order valence-corrected chi connectivity index (χ4v) is 4.31. The number of ether oxygens (including phenoxy) is 2. The van der Waals surface area contributed by atoms with Crippen LogP contribution in [-0.2, 0) is 14.3 Å². The molecule has 10 nitrogen and oxygen atoms in total. The van der Waals surface area contributed by atoms with Gasteiger partial charge < -0.3 is 24.2 Å². The Morgan fingerprint density at radius 3 is 2.64 bits per heavy atom. The fourth-order valence-electron chi connectivity index (χ4n) is 4.31. The lowest BCUT2D eigenvalue weighted by Gasteiger charge is -2.38. The second kappa shape index (κ2) is 7.70. The summed E-state index contributed by atoms with van der Waals surface area (Å²) in [5.41, 5.74) is 2.01. The zero-order valence-corrected chi connectivity index (χ0v) is 15.9. The summed E-state index contributed by atoms with van der Waals surface area (Å²) in [5, 5.41) is 9.85. The molecule has 0 saturated carbocycles. The third-order valence-corrected chi connectivity index (χ3v) is 5.66. The van der Waals surface area contributed by atoms with Crippen LogP contribution in [0.3, 0.4) is 0 Å². The molecule has 4 atom stereocenters. The van der Waals surface area contributed by atoms with E-state index in [0.29, 0.717) is 6.61 Å². The zero-order chi connectivity index (χ0) is 18.4. The Labute approximate surface area is 167 Å². The average Bonchev–Trinajstić information content (AvgIpc) is 3.37. The molecule has 3 fully saturated rings. The number of halogens is 1. The molecule has 3 saturated heterocycles. The number of nitrogens with one attached hydrogen (secondary N) is 1. The van der Waals surface area contributed by atoms with E-state index in [0.717, 1.165) is 43.2 Å². The van der Waals surface area contributed by atoms with Crippen LogP contribution in [0.15, 0.2) is 24.3 Å². The van der Waals surface area contributed by atoms with Crippen LogP contribution in [0.25, 0.3) is 11.0 Å². The Morgan fingerprint density at radius 2 is 1.89 bits per heavy atom. The Morgan fingerprint density at radius 1 is 1.14 bits per heavy atom. The summed E-state index contributed by atoms with van der Waals surface area (Å²) in [4.78, 5) is 27.9. The normalized spacial score (nSPS) is 30.2. The largest absolute Gasteiger partial charge is 0.371 e. The number of H-pyrrole nitrogens is 1. The molecule has 2 aromatic rings. The summed E-state index contributed by atoms with van der Waals surface area (Å²) in [6.07, 6.45) is -1.17. The van der Waals surface area contributed by atoms with Gasteiger partial charge in [0.25, 0.3) is 5.09 Å². The molecule has 4 heterocycles. The first kappa shape index (κ1) is 19.2. The van der Waals surface area contributed by atoms with Crippen molar-refractivity contribution in [2.45, 2.75) is 24.4 Å². The van der Waals surface area contributed by atoms with Crippen molar-refractivity contribution in [3.05, 3.63) is 34.4 Å². The summed E-state index contributed by atoms with van der Waals surface area (Å²) >= 11 is 0. The Balaban J connectivity index is 0.00000192. The van der Waals surface area contributed by atoms with E-state index in [1.807, 2.05) is 24.3 Å². The van der Waals surface area contributed by atoms with Crippen LogP contribution < -0.4 is 4.90 Å². The second-order valence-corrected chi connectivity index (χ2v) is 7.13. The lowest BCUT2D eigenvalue weighted by molar-refractivity contribution is -0.769. The highest BCUT2D eigenvalue weighted by molar-refractivity contribution is 5.85. The Kier molecular flexibility index (Phi) is 5.28. The molecule has 3 aliphatic heterocycles. The highest BCUT2D eigenvalue weighted by atomic mass is 35.5. The molecule has 0 amide bonds. The van der Waals surface area contributed by atoms with E-state index < -0.39 is 11.2 Å². The number of piperazine rings is 1. The number of anilines is 1. The maximum Gasteiger partial charge on any atom is 0.294 e. The van der Waals surface area contributed by atoms with Crippen LogP contribution >= 0.6 is 12.4 Å². The number of benzene rings is 1. The zero-order valence-electron chi connectivity index (χ0n) is 15.1. The molecule has 1 N–H and O–H groups in total. The maximum atomic E-state index is 10.6. The molecular formula is C17H22ClN5O5. The molecule has 152 valence electrons. The molecule has 0 unspecified atom stereocenters. The minimum atomic E-state index is -0.765. The number of imidazole rings is 1.